The normalized spacial score (nSPS) is 9.95. The van der Waals surface area contributed by atoms with E-state index >= 15 is 0 Å². The van der Waals surface area contributed by atoms with Gasteiger partial charge in [-0.25, -0.2) is 14.6 Å². The molecule has 0 aliphatic rings. The molecule has 0 radical (unpaired) electrons. The van der Waals surface area contributed by atoms with Crippen molar-refractivity contribution in [1.82, 2.24) is 9.55 Å². The molecule has 0 fully saturated rings. The lowest BCUT2D eigenvalue weighted by Gasteiger charge is -2.04. The number of hydrogen-bond acceptors (Lipinski definition) is 3. The predicted molar refractivity (Wildman–Crippen MR) is 79.9 cm³/mol. The average molecular weight is 353 g/mol. The van der Waals surface area contributed by atoms with Gasteiger partial charge in [0.1, 0.15) is 0 Å². The highest BCUT2D eigenvalue weighted by atomic mass is 79.9. The summed E-state index contributed by atoms with van der Waals surface area (Å²) in [5, 5.41) is 15.6. The summed E-state index contributed by atoms with van der Waals surface area (Å²) in [6, 6.07) is 8.20. The Kier molecular flexibility index (Phi) is 6.90. The summed E-state index contributed by atoms with van der Waals surface area (Å²) >= 11 is 3.51. The highest BCUT2D eigenvalue weighted by Gasteiger charge is 1.98. The molecule has 0 atom stereocenters. The number of aromatic nitrogens is 2. The fraction of sp³-hybridized carbons (Fsp3) is 0.0714. The molecule has 0 spiro atoms. The number of benzene rings is 1. The van der Waals surface area contributed by atoms with E-state index < -0.39 is 11.9 Å². The van der Waals surface area contributed by atoms with Crippen LogP contribution in [0.5, 0.6) is 0 Å². The monoisotopic (exact) mass is 352 g/mol. The standard InChI is InChI=1S/C10H9BrN2.C4H4O4/c11-10-4-2-1-3-9(10)7-13-6-5-12-8-13;5-3(6)1-2-4(7)8/h1-6,8H,7H2;1-2H,(H,5,6)(H,7,8)/b;2-1+. The lowest BCUT2D eigenvalue weighted by Crippen LogP contribution is -1.96. The van der Waals surface area contributed by atoms with Crippen LogP contribution in [0.4, 0.5) is 0 Å². The fourth-order valence-corrected chi connectivity index (χ4v) is 1.76. The highest BCUT2D eigenvalue weighted by molar-refractivity contribution is 9.10. The molecule has 0 unspecified atom stereocenters. The summed E-state index contributed by atoms with van der Waals surface area (Å²) < 4.78 is 3.18. The van der Waals surface area contributed by atoms with Gasteiger partial charge < -0.3 is 14.8 Å². The zero-order chi connectivity index (χ0) is 15.7. The Labute approximate surface area is 129 Å². The van der Waals surface area contributed by atoms with E-state index in [0.717, 1.165) is 11.0 Å². The van der Waals surface area contributed by atoms with E-state index in [1.165, 1.54) is 5.56 Å². The SMILES string of the molecule is Brc1ccccc1Cn1ccnc1.O=C(O)/C=C/C(=O)O. The van der Waals surface area contributed by atoms with Crippen LogP contribution in [0.25, 0.3) is 0 Å². The van der Waals surface area contributed by atoms with E-state index in [2.05, 4.69) is 27.0 Å². The van der Waals surface area contributed by atoms with Crippen molar-refractivity contribution in [2.45, 2.75) is 6.54 Å². The Morgan fingerprint density at radius 2 is 1.81 bits per heavy atom. The maximum Gasteiger partial charge on any atom is 0.328 e. The lowest BCUT2D eigenvalue weighted by atomic mass is 10.2. The van der Waals surface area contributed by atoms with Crippen LogP contribution < -0.4 is 0 Å². The highest BCUT2D eigenvalue weighted by Crippen LogP contribution is 2.16. The molecular weight excluding hydrogens is 340 g/mol. The van der Waals surface area contributed by atoms with Crippen LogP contribution >= 0.6 is 15.9 Å². The Balaban J connectivity index is 0.000000240. The molecule has 1 aromatic carbocycles. The Morgan fingerprint density at radius 3 is 2.29 bits per heavy atom. The van der Waals surface area contributed by atoms with Crippen LogP contribution in [0.1, 0.15) is 5.56 Å². The average Bonchev–Trinajstić information content (AvgIpc) is 2.93. The number of nitrogens with zero attached hydrogens (tertiary/aromatic N) is 2. The molecule has 1 heterocycles. The molecule has 6 nitrogen and oxygen atoms in total. The number of carbonyl (C=O) groups is 2. The third-order valence-corrected chi connectivity index (χ3v) is 3.01. The third kappa shape index (κ3) is 7.07. The van der Waals surface area contributed by atoms with Crippen molar-refractivity contribution in [3.05, 3.63) is 65.2 Å². The van der Waals surface area contributed by atoms with Crippen molar-refractivity contribution in [1.29, 1.82) is 0 Å². The number of hydrogen-bond donors (Lipinski definition) is 2. The number of carboxylic acid groups (broad SMARTS) is 2. The quantitative estimate of drug-likeness (QED) is 0.824. The maximum atomic E-state index is 9.55. The largest absolute Gasteiger partial charge is 0.478 e. The van der Waals surface area contributed by atoms with Gasteiger partial charge in [-0.05, 0) is 11.6 Å². The zero-order valence-corrected chi connectivity index (χ0v) is 12.5. The van der Waals surface area contributed by atoms with Crippen molar-refractivity contribution in [2.24, 2.45) is 0 Å². The Bertz CT molecular complexity index is 608. The summed E-state index contributed by atoms with van der Waals surface area (Å²) in [5.74, 6) is -2.51. The van der Waals surface area contributed by atoms with Crippen molar-refractivity contribution in [2.75, 3.05) is 0 Å². The molecule has 110 valence electrons. The molecule has 21 heavy (non-hydrogen) atoms. The van der Waals surface area contributed by atoms with Gasteiger partial charge in [0, 0.05) is 35.6 Å². The molecule has 1 aromatic heterocycles. The number of aliphatic carboxylic acids is 2. The molecule has 2 rings (SSSR count). The van der Waals surface area contributed by atoms with E-state index in [4.69, 9.17) is 10.2 Å². The maximum absolute atomic E-state index is 9.55. The van der Waals surface area contributed by atoms with E-state index in [9.17, 15) is 9.59 Å². The molecule has 0 saturated carbocycles. The second-order valence-electron chi connectivity index (χ2n) is 3.84. The molecule has 0 bridgehead atoms. The van der Waals surface area contributed by atoms with Gasteiger partial charge in [-0.3, -0.25) is 0 Å². The van der Waals surface area contributed by atoms with Gasteiger partial charge in [0.2, 0.25) is 0 Å². The lowest BCUT2D eigenvalue weighted by molar-refractivity contribution is -0.134. The topological polar surface area (TPSA) is 92.4 Å². The first kappa shape index (κ1) is 16.6. The number of halogens is 1. The molecule has 0 aliphatic carbocycles. The number of carboxylic acids is 2. The van der Waals surface area contributed by atoms with Crippen LogP contribution in [-0.4, -0.2) is 31.7 Å². The molecule has 0 saturated heterocycles. The van der Waals surface area contributed by atoms with Gasteiger partial charge in [-0.1, -0.05) is 34.1 Å². The molecular formula is C14H13BrN2O4. The van der Waals surface area contributed by atoms with Crippen LogP contribution in [0, 0.1) is 0 Å². The Hall–Kier alpha value is -2.41. The zero-order valence-electron chi connectivity index (χ0n) is 10.9. The summed E-state index contributed by atoms with van der Waals surface area (Å²) in [5.41, 5.74) is 1.26. The van der Waals surface area contributed by atoms with Gasteiger partial charge >= 0.3 is 11.9 Å². The number of rotatable bonds is 4. The van der Waals surface area contributed by atoms with Crippen molar-refractivity contribution >= 4 is 27.9 Å². The third-order valence-electron chi connectivity index (χ3n) is 2.24. The predicted octanol–water partition coefficient (Wildman–Crippen LogP) is 2.41. The van der Waals surface area contributed by atoms with Crippen LogP contribution in [0.15, 0.2) is 59.6 Å². The fourth-order valence-electron chi connectivity index (χ4n) is 1.35. The van der Waals surface area contributed by atoms with Gasteiger partial charge in [0.05, 0.1) is 6.33 Å². The minimum atomic E-state index is -1.26. The van der Waals surface area contributed by atoms with Crippen molar-refractivity contribution in [3.8, 4) is 0 Å². The molecule has 2 N–H and O–H groups in total. The van der Waals surface area contributed by atoms with Crippen LogP contribution in [0.2, 0.25) is 0 Å². The van der Waals surface area contributed by atoms with Gasteiger partial charge in [0.15, 0.2) is 0 Å². The summed E-state index contributed by atoms with van der Waals surface area (Å²) in [6.45, 7) is 0.863. The molecule has 0 amide bonds. The van der Waals surface area contributed by atoms with Gasteiger partial charge in [-0.2, -0.15) is 0 Å². The molecule has 7 heteroatoms. The number of imidazole rings is 1. The first-order valence-electron chi connectivity index (χ1n) is 5.82. The second kappa shape index (κ2) is 8.70. The minimum Gasteiger partial charge on any atom is -0.478 e. The first-order valence-corrected chi connectivity index (χ1v) is 6.61. The summed E-state index contributed by atoms with van der Waals surface area (Å²) in [7, 11) is 0. The Morgan fingerprint density at radius 1 is 1.19 bits per heavy atom. The van der Waals surface area contributed by atoms with Crippen LogP contribution in [-0.2, 0) is 16.1 Å². The second-order valence-corrected chi connectivity index (χ2v) is 4.69. The molecule has 2 aromatic rings. The van der Waals surface area contributed by atoms with Gasteiger partial charge in [0.25, 0.3) is 0 Å². The van der Waals surface area contributed by atoms with E-state index in [-0.39, 0.29) is 0 Å². The molecule has 0 aliphatic heterocycles. The van der Waals surface area contributed by atoms with E-state index in [1.807, 2.05) is 35.3 Å². The van der Waals surface area contributed by atoms with Crippen molar-refractivity contribution < 1.29 is 19.8 Å². The minimum absolute atomic E-state index is 0.558. The van der Waals surface area contributed by atoms with Crippen molar-refractivity contribution in [3.63, 3.8) is 0 Å². The smallest absolute Gasteiger partial charge is 0.328 e. The summed E-state index contributed by atoms with van der Waals surface area (Å²) in [6.07, 6.45) is 6.68. The van der Waals surface area contributed by atoms with Gasteiger partial charge in [-0.15, -0.1) is 0 Å². The van der Waals surface area contributed by atoms with E-state index in [0.29, 0.717) is 12.2 Å². The summed E-state index contributed by atoms with van der Waals surface area (Å²) in [4.78, 5) is 23.1. The van der Waals surface area contributed by atoms with E-state index in [1.54, 1.807) is 6.20 Å². The van der Waals surface area contributed by atoms with Crippen LogP contribution in [0.3, 0.4) is 0 Å². The first-order chi connectivity index (χ1) is 9.99.